The van der Waals surface area contributed by atoms with Crippen LogP contribution in [0.1, 0.15) is 51.9 Å². The second-order valence-electron chi connectivity index (χ2n) is 4.54. The van der Waals surface area contributed by atoms with Crippen LogP contribution in [0.15, 0.2) is 0 Å². The lowest BCUT2D eigenvalue weighted by Gasteiger charge is -2.10. The SMILES string of the molecule is CCCC1CC1NC1CCCC1. The van der Waals surface area contributed by atoms with Crippen LogP contribution >= 0.6 is 0 Å². The van der Waals surface area contributed by atoms with Gasteiger partial charge in [-0.1, -0.05) is 26.2 Å². The lowest BCUT2D eigenvalue weighted by Crippen LogP contribution is -2.29. The van der Waals surface area contributed by atoms with Gasteiger partial charge < -0.3 is 5.32 Å². The van der Waals surface area contributed by atoms with Gasteiger partial charge in [0.05, 0.1) is 0 Å². The fourth-order valence-corrected chi connectivity index (χ4v) is 2.54. The Balaban J connectivity index is 1.62. The molecule has 0 saturated heterocycles. The highest BCUT2D eigenvalue weighted by molar-refractivity contribution is 4.95. The molecule has 2 rings (SSSR count). The van der Waals surface area contributed by atoms with Crippen LogP contribution in [-0.4, -0.2) is 12.1 Å². The first-order valence-electron chi connectivity index (χ1n) is 5.66. The Hall–Kier alpha value is -0.0400. The molecule has 0 amide bonds. The average Bonchev–Trinajstić information content (AvgIpc) is 2.62. The van der Waals surface area contributed by atoms with Gasteiger partial charge in [-0.25, -0.2) is 0 Å². The highest BCUT2D eigenvalue weighted by Crippen LogP contribution is 2.36. The molecule has 0 aromatic heterocycles. The summed E-state index contributed by atoms with van der Waals surface area (Å²) in [5.74, 6) is 1.04. The van der Waals surface area contributed by atoms with E-state index in [0.29, 0.717) is 0 Å². The third kappa shape index (κ3) is 2.01. The number of nitrogens with one attached hydrogen (secondary N) is 1. The van der Waals surface area contributed by atoms with Gasteiger partial charge in [0, 0.05) is 12.1 Å². The maximum Gasteiger partial charge on any atom is 0.0102 e. The number of rotatable bonds is 4. The van der Waals surface area contributed by atoms with E-state index in [-0.39, 0.29) is 0 Å². The van der Waals surface area contributed by atoms with E-state index in [1.807, 2.05) is 0 Å². The van der Waals surface area contributed by atoms with Gasteiger partial charge >= 0.3 is 0 Å². The monoisotopic (exact) mass is 167 g/mol. The molecular formula is C11H21N. The molecule has 0 spiro atoms. The predicted octanol–water partition coefficient (Wildman–Crippen LogP) is 2.71. The normalized spacial score (nSPS) is 35.8. The molecule has 0 radical (unpaired) electrons. The maximum atomic E-state index is 3.79. The van der Waals surface area contributed by atoms with Crippen LogP contribution in [-0.2, 0) is 0 Å². The summed E-state index contributed by atoms with van der Waals surface area (Å²) in [6, 6.07) is 1.80. The highest BCUT2D eigenvalue weighted by atomic mass is 15.0. The van der Waals surface area contributed by atoms with Crippen molar-refractivity contribution in [1.82, 2.24) is 5.32 Å². The van der Waals surface area contributed by atoms with Gasteiger partial charge in [0.1, 0.15) is 0 Å². The van der Waals surface area contributed by atoms with Crippen LogP contribution in [0.2, 0.25) is 0 Å². The van der Waals surface area contributed by atoms with E-state index >= 15 is 0 Å². The summed E-state index contributed by atoms with van der Waals surface area (Å²) in [4.78, 5) is 0. The number of hydrogen-bond donors (Lipinski definition) is 1. The molecule has 70 valence electrons. The molecule has 2 atom stereocenters. The molecule has 2 aliphatic carbocycles. The summed E-state index contributed by atoms with van der Waals surface area (Å²) in [6.07, 6.45) is 10.1. The Kier molecular flexibility index (Phi) is 2.69. The molecule has 1 nitrogen and oxygen atoms in total. The highest BCUT2D eigenvalue weighted by Gasteiger charge is 2.37. The summed E-state index contributed by atoms with van der Waals surface area (Å²) in [7, 11) is 0. The standard InChI is InChI=1S/C11H21N/c1-2-5-9-8-11(9)12-10-6-3-4-7-10/h9-12H,2-8H2,1H3. The zero-order valence-electron chi connectivity index (χ0n) is 8.18. The van der Waals surface area contributed by atoms with Crippen LogP contribution in [0.25, 0.3) is 0 Å². The van der Waals surface area contributed by atoms with Gasteiger partial charge in [0.25, 0.3) is 0 Å². The van der Waals surface area contributed by atoms with Gasteiger partial charge in [0.2, 0.25) is 0 Å². The topological polar surface area (TPSA) is 12.0 Å². The van der Waals surface area contributed by atoms with Crippen LogP contribution < -0.4 is 5.32 Å². The lowest BCUT2D eigenvalue weighted by molar-refractivity contribution is 0.494. The summed E-state index contributed by atoms with van der Waals surface area (Å²) in [6.45, 7) is 2.30. The third-order valence-corrected chi connectivity index (χ3v) is 3.39. The molecule has 0 bridgehead atoms. The van der Waals surface area contributed by atoms with Gasteiger partial charge in [-0.05, 0) is 31.6 Å². The molecular weight excluding hydrogens is 146 g/mol. The molecule has 1 heteroatoms. The van der Waals surface area contributed by atoms with Crippen molar-refractivity contribution < 1.29 is 0 Å². The van der Waals surface area contributed by atoms with E-state index in [0.717, 1.165) is 18.0 Å². The zero-order valence-corrected chi connectivity index (χ0v) is 8.18. The van der Waals surface area contributed by atoms with E-state index in [4.69, 9.17) is 0 Å². The third-order valence-electron chi connectivity index (χ3n) is 3.39. The molecule has 0 aliphatic heterocycles. The molecule has 12 heavy (non-hydrogen) atoms. The Morgan fingerprint density at radius 3 is 2.67 bits per heavy atom. The van der Waals surface area contributed by atoms with Gasteiger partial charge in [-0.2, -0.15) is 0 Å². The van der Waals surface area contributed by atoms with Gasteiger partial charge in [0.15, 0.2) is 0 Å². The van der Waals surface area contributed by atoms with Crippen molar-refractivity contribution in [2.75, 3.05) is 0 Å². The molecule has 1 N–H and O–H groups in total. The van der Waals surface area contributed by atoms with Crippen molar-refractivity contribution in [3.05, 3.63) is 0 Å². The van der Waals surface area contributed by atoms with Crippen molar-refractivity contribution in [2.24, 2.45) is 5.92 Å². The summed E-state index contributed by atoms with van der Waals surface area (Å²) >= 11 is 0. The van der Waals surface area contributed by atoms with E-state index in [1.165, 1.54) is 44.9 Å². The smallest absolute Gasteiger partial charge is 0.0102 e. The van der Waals surface area contributed by atoms with Crippen LogP contribution in [0, 0.1) is 5.92 Å². The molecule has 0 heterocycles. The van der Waals surface area contributed by atoms with Crippen LogP contribution in [0.5, 0.6) is 0 Å². The van der Waals surface area contributed by atoms with E-state index < -0.39 is 0 Å². The van der Waals surface area contributed by atoms with E-state index in [1.54, 1.807) is 0 Å². The summed E-state index contributed by atoms with van der Waals surface area (Å²) in [5, 5.41) is 3.79. The van der Waals surface area contributed by atoms with Crippen molar-refractivity contribution >= 4 is 0 Å². The Morgan fingerprint density at radius 1 is 1.25 bits per heavy atom. The largest absolute Gasteiger partial charge is 0.311 e. The predicted molar refractivity (Wildman–Crippen MR) is 52.2 cm³/mol. The summed E-state index contributed by atoms with van der Waals surface area (Å²) in [5.41, 5.74) is 0. The Morgan fingerprint density at radius 2 is 2.00 bits per heavy atom. The van der Waals surface area contributed by atoms with Crippen molar-refractivity contribution in [3.8, 4) is 0 Å². The second-order valence-corrected chi connectivity index (χ2v) is 4.54. The average molecular weight is 167 g/mol. The molecule has 0 aromatic carbocycles. The molecule has 2 aliphatic rings. The minimum atomic E-state index is 0.886. The van der Waals surface area contributed by atoms with Crippen molar-refractivity contribution in [3.63, 3.8) is 0 Å². The first-order valence-corrected chi connectivity index (χ1v) is 5.66. The quantitative estimate of drug-likeness (QED) is 0.679. The summed E-state index contributed by atoms with van der Waals surface area (Å²) < 4.78 is 0. The second kappa shape index (κ2) is 3.78. The maximum absolute atomic E-state index is 3.79. The lowest BCUT2D eigenvalue weighted by atomic mass is 10.2. The van der Waals surface area contributed by atoms with E-state index in [9.17, 15) is 0 Å². The minimum absolute atomic E-state index is 0.886. The molecule has 2 unspecified atom stereocenters. The first-order chi connectivity index (χ1) is 5.90. The fourth-order valence-electron chi connectivity index (χ4n) is 2.54. The molecule has 2 fully saturated rings. The Labute approximate surface area is 75.9 Å². The van der Waals surface area contributed by atoms with Gasteiger partial charge in [-0.3, -0.25) is 0 Å². The zero-order chi connectivity index (χ0) is 8.39. The molecule has 0 aromatic rings. The fraction of sp³-hybridized carbons (Fsp3) is 1.00. The van der Waals surface area contributed by atoms with Crippen LogP contribution in [0.4, 0.5) is 0 Å². The molecule has 2 saturated carbocycles. The first kappa shape index (κ1) is 8.55. The number of hydrogen-bond acceptors (Lipinski definition) is 1. The minimum Gasteiger partial charge on any atom is -0.311 e. The van der Waals surface area contributed by atoms with Gasteiger partial charge in [-0.15, -0.1) is 0 Å². The van der Waals surface area contributed by atoms with Crippen LogP contribution in [0.3, 0.4) is 0 Å². The van der Waals surface area contributed by atoms with Crippen molar-refractivity contribution in [2.45, 2.75) is 64.0 Å². The Bertz CT molecular complexity index is 138. The van der Waals surface area contributed by atoms with Crippen molar-refractivity contribution in [1.29, 1.82) is 0 Å². The van der Waals surface area contributed by atoms with E-state index in [2.05, 4.69) is 12.2 Å².